The van der Waals surface area contributed by atoms with Gasteiger partial charge in [-0.1, -0.05) is 53.0 Å². The third-order valence-corrected chi connectivity index (χ3v) is 6.25. The molecule has 0 aliphatic heterocycles. The van der Waals surface area contributed by atoms with Gasteiger partial charge in [0, 0.05) is 6.54 Å². The molecule has 8 heteroatoms. The van der Waals surface area contributed by atoms with E-state index >= 15 is 0 Å². The summed E-state index contributed by atoms with van der Waals surface area (Å²) in [7, 11) is -3.70. The van der Waals surface area contributed by atoms with Crippen LogP contribution in [0.4, 0.5) is 5.69 Å². The Kier molecular flexibility index (Phi) is 7.75. The molecule has 1 atom stereocenters. The van der Waals surface area contributed by atoms with E-state index in [1.807, 2.05) is 25.1 Å². The first-order valence-corrected chi connectivity index (χ1v) is 11.5. The average Bonchev–Trinajstić information content (AvgIpc) is 2.60. The molecule has 5 nitrogen and oxygen atoms in total. The number of carbonyl (C=O) groups is 1. The fraction of sp³-hybridized carbons (Fsp3) is 0.350. The number of nitrogens with one attached hydrogen (secondary N) is 1. The second-order valence-electron chi connectivity index (χ2n) is 6.72. The first kappa shape index (κ1) is 22.5. The minimum atomic E-state index is -3.70. The quantitative estimate of drug-likeness (QED) is 0.622. The fourth-order valence-corrected chi connectivity index (χ4v) is 4.41. The van der Waals surface area contributed by atoms with Gasteiger partial charge in [-0.2, -0.15) is 0 Å². The number of rotatable bonds is 8. The molecule has 152 valence electrons. The molecule has 1 amide bonds. The lowest BCUT2D eigenvalue weighted by molar-refractivity contribution is -0.121. The van der Waals surface area contributed by atoms with Gasteiger partial charge in [0.05, 0.1) is 22.0 Å². The topological polar surface area (TPSA) is 66.5 Å². The highest BCUT2D eigenvalue weighted by atomic mass is 35.5. The Bertz CT molecular complexity index is 948. The number of hydrogen-bond donors (Lipinski definition) is 1. The van der Waals surface area contributed by atoms with Gasteiger partial charge in [0.1, 0.15) is 6.04 Å². The van der Waals surface area contributed by atoms with Crippen molar-refractivity contribution in [1.82, 2.24) is 5.32 Å². The first-order chi connectivity index (χ1) is 13.1. The second kappa shape index (κ2) is 9.63. The maximum atomic E-state index is 12.5. The molecule has 0 spiro atoms. The van der Waals surface area contributed by atoms with Gasteiger partial charge in [-0.3, -0.25) is 9.10 Å². The average molecular weight is 443 g/mol. The van der Waals surface area contributed by atoms with E-state index in [4.69, 9.17) is 23.2 Å². The van der Waals surface area contributed by atoms with E-state index in [0.717, 1.165) is 23.4 Å². The molecule has 0 aliphatic carbocycles. The van der Waals surface area contributed by atoms with E-state index in [-0.39, 0.29) is 10.9 Å². The molecule has 0 aromatic heterocycles. The molecule has 0 saturated heterocycles. The zero-order valence-electron chi connectivity index (χ0n) is 16.1. The Hall–Kier alpha value is -1.76. The molecule has 28 heavy (non-hydrogen) atoms. The smallest absolute Gasteiger partial charge is 0.243 e. The van der Waals surface area contributed by atoms with Gasteiger partial charge in [0.15, 0.2) is 0 Å². The van der Waals surface area contributed by atoms with Gasteiger partial charge in [-0.25, -0.2) is 8.42 Å². The fourth-order valence-electron chi connectivity index (χ4n) is 2.95. The SMILES string of the molecule is Cc1cccc(CCCNC(=O)[C@@H](C)N(c2ccc(Cl)c(Cl)c2)S(C)(=O)=O)c1. The third-order valence-electron chi connectivity index (χ3n) is 4.27. The maximum Gasteiger partial charge on any atom is 0.243 e. The van der Waals surface area contributed by atoms with Crippen molar-refractivity contribution in [2.75, 3.05) is 17.1 Å². The highest BCUT2D eigenvalue weighted by Gasteiger charge is 2.29. The van der Waals surface area contributed by atoms with Gasteiger partial charge in [0.25, 0.3) is 0 Å². The van der Waals surface area contributed by atoms with Crippen LogP contribution in [0.15, 0.2) is 42.5 Å². The number of anilines is 1. The number of nitrogens with zero attached hydrogens (tertiary/aromatic N) is 1. The summed E-state index contributed by atoms with van der Waals surface area (Å²) in [6.07, 6.45) is 2.64. The number of halogens is 2. The lowest BCUT2D eigenvalue weighted by Crippen LogP contribution is -2.48. The van der Waals surface area contributed by atoms with Crippen LogP contribution in [0.1, 0.15) is 24.5 Å². The Morgan fingerprint density at radius 1 is 1.14 bits per heavy atom. The van der Waals surface area contributed by atoms with E-state index in [1.54, 1.807) is 6.92 Å². The summed E-state index contributed by atoms with van der Waals surface area (Å²) in [6.45, 7) is 4.03. The van der Waals surface area contributed by atoms with Gasteiger partial charge >= 0.3 is 0 Å². The first-order valence-electron chi connectivity index (χ1n) is 8.87. The van der Waals surface area contributed by atoms with Gasteiger partial charge in [-0.05, 0) is 50.5 Å². The van der Waals surface area contributed by atoms with Crippen LogP contribution in [0, 0.1) is 6.92 Å². The third kappa shape index (κ3) is 6.12. The Balaban J connectivity index is 2.02. The zero-order valence-corrected chi connectivity index (χ0v) is 18.4. The van der Waals surface area contributed by atoms with Crippen molar-refractivity contribution in [3.63, 3.8) is 0 Å². The Morgan fingerprint density at radius 2 is 1.86 bits per heavy atom. The monoisotopic (exact) mass is 442 g/mol. The molecule has 0 aliphatic rings. The van der Waals surface area contributed by atoms with Crippen molar-refractivity contribution in [1.29, 1.82) is 0 Å². The Labute approximate surface area is 176 Å². The van der Waals surface area contributed by atoms with Crippen LogP contribution in [-0.2, 0) is 21.2 Å². The number of hydrogen-bond acceptors (Lipinski definition) is 3. The summed E-state index contributed by atoms with van der Waals surface area (Å²) in [5.41, 5.74) is 2.69. The van der Waals surface area contributed by atoms with Gasteiger partial charge in [-0.15, -0.1) is 0 Å². The van der Waals surface area contributed by atoms with E-state index in [2.05, 4.69) is 11.4 Å². The lowest BCUT2D eigenvalue weighted by Gasteiger charge is -2.28. The van der Waals surface area contributed by atoms with Crippen molar-refractivity contribution in [2.24, 2.45) is 0 Å². The molecule has 2 aromatic rings. The number of aryl methyl sites for hydroxylation is 2. The highest BCUT2D eigenvalue weighted by molar-refractivity contribution is 7.92. The number of benzene rings is 2. The molecule has 0 saturated carbocycles. The molecule has 1 N–H and O–H groups in total. The van der Waals surface area contributed by atoms with E-state index in [0.29, 0.717) is 17.3 Å². The molecular formula is C20H24Cl2N2O3S. The molecule has 0 fully saturated rings. The number of carbonyl (C=O) groups excluding carboxylic acids is 1. The zero-order chi connectivity index (χ0) is 20.9. The van der Waals surface area contributed by atoms with Crippen molar-refractivity contribution < 1.29 is 13.2 Å². The molecule has 2 aromatic carbocycles. The van der Waals surface area contributed by atoms with Crippen molar-refractivity contribution in [3.05, 3.63) is 63.6 Å². The predicted molar refractivity (Wildman–Crippen MR) is 116 cm³/mol. The number of sulfonamides is 1. The summed E-state index contributed by atoms with van der Waals surface area (Å²) in [4.78, 5) is 12.5. The standard InChI is InChI=1S/C20H24Cl2N2O3S/c1-14-6-4-7-16(12-14)8-5-11-23-20(25)15(2)24(28(3,26)27)17-9-10-18(21)19(22)13-17/h4,6-7,9-10,12-13,15H,5,8,11H2,1-3H3,(H,23,25)/t15-/m1/s1. The largest absolute Gasteiger partial charge is 0.354 e. The van der Waals surface area contributed by atoms with Crippen LogP contribution in [0.25, 0.3) is 0 Å². The van der Waals surface area contributed by atoms with E-state index < -0.39 is 16.1 Å². The van der Waals surface area contributed by atoms with Crippen LogP contribution in [0.5, 0.6) is 0 Å². The summed E-state index contributed by atoms with van der Waals surface area (Å²) < 4.78 is 25.6. The normalized spacial score (nSPS) is 12.5. The predicted octanol–water partition coefficient (Wildman–Crippen LogP) is 4.21. The summed E-state index contributed by atoms with van der Waals surface area (Å²) in [6, 6.07) is 11.7. The van der Waals surface area contributed by atoms with Crippen LogP contribution >= 0.6 is 23.2 Å². The molecule has 0 bridgehead atoms. The molecule has 0 unspecified atom stereocenters. The van der Waals surface area contributed by atoms with Crippen LogP contribution < -0.4 is 9.62 Å². The van der Waals surface area contributed by atoms with Crippen LogP contribution in [-0.4, -0.2) is 33.2 Å². The number of amides is 1. The summed E-state index contributed by atoms with van der Waals surface area (Å²) >= 11 is 11.9. The van der Waals surface area contributed by atoms with Crippen molar-refractivity contribution in [3.8, 4) is 0 Å². The van der Waals surface area contributed by atoms with Crippen molar-refractivity contribution >= 4 is 44.8 Å². The minimum absolute atomic E-state index is 0.221. The van der Waals surface area contributed by atoms with Crippen molar-refractivity contribution in [2.45, 2.75) is 32.7 Å². The van der Waals surface area contributed by atoms with Gasteiger partial charge < -0.3 is 5.32 Å². The van der Waals surface area contributed by atoms with Crippen LogP contribution in [0.3, 0.4) is 0 Å². The molecular weight excluding hydrogens is 419 g/mol. The van der Waals surface area contributed by atoms with E-state index in [1.165, 1.54) is 29.3 Å². The summed E-state index contributed by atoms with van der Waals surface area (Å²) in [5.74, 6) is -0.374. The lowest BCUT2D eigenvalue weighted by atomic mass is 10.1. The molecule has 2 rings (SSSR count). The highest BCUT2D eigenvalue weighted by Crippen LogP contribution is 2.29. The molecule has 0 heterocycles. The van der Waals surface area contributed by atoms with Gasteiger partial charge in [0.2, 0.25) is 15.9 Å². The summed E-state index contributed by atoms with van der Waals surface area (Å²) in [5, 5.41) is 3.34. The van der Waals surface area contributed by atoms with Crippen LogP contribution in [0.2, 0.25) is 10.0 Å². The Morgan fingerprint density at radius 3 is 2.46 bits per heavy atom. The second-order valence-corrected chi connectivity index (χ2v) is 9.39. The molecule has 0 radical (unpaired) electrons. The maximum absolute atomic E-state index is 12.5. The van der Waals surface area contributed by atoms with E-state index in [9.17, 15) is 13.2 Å². The minimum Gasteiger partial charge on any atom is -0.354 e.